The van der Waals surface area contributed by atoms with Crippen molar-refractivity contribution in [1.82, 2.24) is 0 Å². The second-order valence-electron chi connectivity index (χ2n) is 5.34. The van der Waals surface area contributed by atoms with Crippen LogP contribution in [0.15, 0.2) is 24.3 Å². The van der Waals surface area contributed by atoms with Gasteiger partial charge in [-0.2, -0.15) is 0 Å². The third kappa shape index (κ3) is 17.4. The Kier molecular flexibility index (Phi) is 16.0. The Morgan fingerprint density at radius 2 is 1.35 bits per heavy atom. The summed E-state index contributed by atoms with van der Waals surface area (Å²) in [6.45, 7) is 2.23. The Morgan fingerprint density at radius 1 is 0.800 bits per heavy atom. The number of hydrogen-bond acceptors (Lipinski definition) is 1. The van der Waals surface area contributed by atoms with Crippen LogP contribution in [-0.2, 0) is 4.79 Å². The second kappa shape index (κ2) is 16.5. The number of hydrogen-bond donors (Lipinski definition) is 0. The summed E-state index contributed by atoms with van der Waals surface area (Å²) in [5.41, 5.74) is 0. The lowest BCUT2D eigenvalue weighted by Crippen LogP contribution is -1.86. The highest BCUT2D eigenvalue weighted by atomic mass is 35.5. The number of halogens is 1. The molecule has 0 bridgehead atoms. The summed E-state index contributed by atoms with van der Waals surface area (Å²) in [6.07, 6.45) is 22.9. The van der Waals surface area contributed by atoms with Gasteiger partial charge in [0.05, 0.1) is 0 Å². The van der Waals surface area contributed by atoms with Crippen molar-refractivity contribution in [3.05, 3.63) is 24.3 Å². The summed E-state index contributed by atoms with van der Waals surface area (Å²) in [5, 5.41) is -0.195. The van der Waals surface area contributed by atoms with E-state index in [1.807, 2.05) is 0 Å². The molecular weight excluding hydrogens is 268 g/mol. The highest BCUT2D eigenvalue weighted by Gasteiger charge is 1.95. The van der Waals surface area contributed by atoms with E-state index in [0.717, 1.165) is 19.3 Å². The monoisotopic (exact) mass is 298 g/mol. The van der Waals surface area contributed by atoms with Crippen molar-refractivity contribution in [3.8, 4) is 0 Å². The highest BCUT2D eigenvalue weighted by molar-refractivity contribution is 6.63. The van der Waals surface area contributed by atoms with Gasteiger partial charge in [0.1, 0.15) is 0 Å². The largest absolute Gasteiger partial charge is 0.281 e. The van der Waals surface area contributed by atoms with E-state index < -0.39 is 0 Å². The van der Waals surface area contributed by atoms with Crippen molar-refractivity contribution < 1.29 is 4.79 Å². The van der Waals surface area contributed by atoms with Crippen LogP contribution in [0.5, 0.6) is 0 Å². The molecule has 2 heteroatoms. The maximum Gasteiger partial charge on any atom is 0.221 e. The van der Waals surface area contributed by atoms with Gasteiger partial charge in [-0.15, -0.1) is 0 Å². The molecule has 0 unspecified atom stereocenters. The molecule has 0 aromatic rings. The normalized spacial score (nSPS) is 11.7. The van der Waals surface area contributed by atoms with E-state index in [0.29, 0.717) is 6.42 Å². The average Bonchev–Trinajstić information content (AvgIpc) is 2.43. The Morgan fingerprint density at radius 3 is 1.95 bits per heavy atom. The molecule has 1 nitrogen and oxygen atoms in total. The van der Waals surface area contributed by atoms with Crippen molar-refractivity contribution in [3.63, 3.8) is 0 Å². The first-order valence-corrected chi connectivity index (χ1v) is 8.63. The minimum absolute atomic E-state index is 0.195. The molecule has 0 saturated carbocycles. The van der Waals surface area contributed by atoms with Gasteiger partial charge in [-0.05, 0) is 43.7 Å². The topological polar surface area (TPSA) is 17.1 Å². The fourth-order valence-corrected chi connectivity index (χ4v) is 2.20. The summed E-state index contributed by atoms with van der Waals surface area (Å²) in [6, 6.07) is 0. The molecule has 0 rings (SSSR count). The molecule has 0 aromatic carbocycles. The van der Waals surface area contributed by atoms with Gasteiger partial charge in [0.25, 0.3) is 0 Å². The summed E-state index contributed by atoms with van der Waals surface area (Å²) in [5.74, 6) is 0. The molecule has 0 N–H and O–H groups in total. The lowest BCUT2D eigenvalue weighted by molar-refractivity contribution is -0.111. The number of unbranched alkanes of at least 4 members (excludes halogenated alkanes) is 8. The van der Waals surface area contributed by atoms with Crippen molar-refractivity contribution >= 4 is 16.8 Å². The van der Waals surface area contributed by atoms with Gasteiger partial charge < -0.3 is 0 Å². The van der Waals surface area contributed by atoms with Crippen LogP contribution < -0.4 is 0 Å². The molecule has 0 aliphatic rings. The van der Waals surface area contributed by atoms with Crippen LogP contribution in [0.2, 0.25) is 0 Å². The van der Waals surface area contributed by atoms with E-state index in [4.69, 9.17) is 11.6 Å². The predicted molar refractivity (Wildman–Crippen MR) is 90.2 cm³/mol. The van der Waals surface area contributed by atoms with Gasteiger partial charge >= 0.3 is 0 Å². The summed E-state index contributed by atoms with van der Waals surface area (Å²) >= 11 is 5.28. The maximum atomic E-state index is 10.5. The first kappa shape index (κ1) is 19.4. The minimum Gasteiger partial charge on any atom is -0.281 e. The molecular formula is C18H31ClO. The van der Waals surface area contributed by atoms with E-state index in [2.05, 4.69) is 31.2 Å². The van der Waals surface area contributed by atoms with Crippen molar-refractivity contribution in [2.24, 2.45) is 0 Å². The SMILES string of the molecule is CCCCC=CCC=CCCCCCCCCC(=O)Cl. The first-order chi connectivity index (χ1) is 9.77. The molecule has 0 radical (unpaired) electrons. The lowest BCUT2D eigenvalue weighted by atomic mass is 10.1. The zero-order chi connectivity index (χ0) is 14.9. The Labute approximate surface area is 130 Å². The average molecular weight is 299 g/mol. The Bertz CT molecular complexity index is 269. The van der Waals surface area contributed by atoms with Crippen molar-refractivity contribution in [1.29, 1.82) is 0 Å². The molecule has 0 amide bonds. The standard InChI is InChI=1S/C18H31ClO/c1-2-3-4-5-6-7-8-9-10-11-12-13-14-15-16-17-18(19)20/h5-6,8-9H,2-4,7,10-17H2,1H3. The smallest absolute Gasteiger partial charge is 0.221 e. The van der Waals surface area contributed by atoms with Crippen LogP contribution in [0.4, 0.5) is 0 Å². The van der Waals surface area contributed by atoms with Crippen LogP contribution in [-0.4, -0.2) is 5.24 Å². The van der Waals surface area contributed by atoms with Crippen molar-refractivity contribution in [2.45, 2.75) is 84.0 Å². The molecule has 0 aromatic heterocycles. The van der Waals surface area contributed by atoms with Crippen LogP contribution in [0, 0.1) is 0 Å². The zero-order valence-electron chi connectivity index (χ0n) is 13.1. The third-order valence-electron chi connectivity index (χ3n) is 3.32. The zero-order valence-corrected chi connectivity index (χ0v) is 13.8. The van der Waals surface area contributed by atoms with Crippen LogP contribution in [0.25, 0.3) is 0 Å². The predicted octanol–water partition coefficient (Wildman–Crippen LogP) is 6.57. The molecule has 0 heterocycles. The quantitative estimate of drug-likeness (QED) is 0.201. The number of rotatable bonds is 14. The van der Waals surface area contributed by atoms with E-state index in [-0.39, 0.29) is 5.24 Å². The minimum atomic E-state index is -0.195. The number of carbonyl (C=O) groups excluding carboxylic acids is 1. The molecule has 0 atom stereocenters. The maximum absolute atomic E-state index is 10.5. The van der Waals surface area contributed by atoms with Crippen molar-refractivity contribution in [2.75, 3.05) is 0 Å². The number of allylic oxidation sites excluding steroid dienone is 4. The summed E-state index contributed by atoms with van der Waals surface area (Å²) in [7, 11) is 0. The highest BCUT2D eigenvalue weighted by Crippen LogP contribution is 2.09. The summed E-state index contributed by atoms with van der Waals surface area (Å²) in [4.78, 5) is 10.5. The molecule has 0 spiro atoms. The molecule has 20 heavy (non-hydrogen) atoms. The molecule has 116 valence electrons. The van der Waals surface area contributed by atoms with Gasteiger partial charge in [0.15, 0.2) is 0 Å². The van der Waals surface area contributed by atoms with Gasteiger partial charge in [0.2, 0.25) is 5.24 Å². The second-order valence-corrected chi connectivity index (χ2v) is 5.76. The van der Waals surface area contributed by atoms with E-state index in [9.17, 15) is 4.79 Å². The molecule has 0 saturated heterocycles. The van der Waals surface area contributed by atoms with E-state index >= 15 is 0 Å². The Balaban J connectivity index is 3.15. The summed E-state index contributed by atoms with van der Waals surface area (Å²) < 4.78 is 0. The van der Waals surface area contributed by atoms with E-state index in [1.165, 1.54) is 51.4 Å². The van der Waals surface area contributed by atoms with Gasteiger partial charge in [0, 0.05) is 6.42 Å². The molecule has 0 fully saturated rings. The van der Waals surface area contributed by atoms with Crippen LogP contribution in [0.3, 0.4) is 0 Å². The van der Waals surface area contributed by atoms with Crippen LogP contribution in [0.1, 0.15) is 84.0 Å². The first-order valence-electron chi connectivity index (χ1n) is 8.25. The fraction of sp³-hybridized carbons (Fsp3) is 0.722. The fourth-order valence-electron chi connectivity index (χ4n) is 2.06. The van der Waals surface area contributed by atoms with Gasteiger partial charge in [-0.25, -0.2) is 0 Å². The van der Waals surface area contributed by atoms with Gasteiger partial charge in [-0.1, -0.05) is 69.8 Å². The molecule has 0 aliphatic carbocycles. The van der Waals surface area contributed by atoms with Crippen LogP contribution >= 0.6 is 11.6 Å². The Hall–Kier alpha value is -0.560. The number of carbonyl (C=O) groups is 1. The van der Waals surface area contributed by atoms with Gasteiger partial charge in [-0.3, -0.25) is 4.79 Å². The lowest BCUT2D eigenvalue weighted by Gasteiger charge is -1.99. The third-order valence-corrected chi connectivity index (χ3v) is 3.51. The van der Waals surface area contributed by atoms with E-state index in [1.54, 1.807) is 0 Å². The molecule has 0 aliphatic heterocycles.